The van der Waals surface area contributed by atoms with Crippen molar-refractivity contribution in [3.05, 3.63) is 64.5 Å². The van der Waals surface area contributed by atoms with Gasteiger partial charge in [-0.3, -0.25) is 19.2 Å². The van der Waals surface area contributed by atoms with Crippen molar-refractivity contribution in [2.75, 3.05) is 13.2 Å². The lowest BCUT2D eigenvalue weighted by molar-refractivity contribution is -0.288. The molecule has 0 saturated carbocycles. The average Bonchev–Trinajstić information content (AvgIpc) is 3.12. The van der Waals surface area contributed by atoms with Crippen molar-refractivity contribution in [3.63, 3.8) is 0 Å². The van der Waals surface area contributed by atoms with E-state index in [1.807, 2.05) is 30.3 Å². The summed E-state index contributed by atoms with van der Waals surface area (Å²) in [6.45, 7) is 6.78. The molecule has 294 valence electrons. The summed E-state index contributed by atoms with van der Waals surface area (Å²) < 4.78 is 51.7. The Morgan fingerprint density at radius 1 is 0.685 bits per heavy atom. The molecule has 0 bridgehead atoms. The van der Waals surface area contributed by atoms with Crippen molar-refractivity contribution in [3.8, 4) is 17.2 Å². The highest BCUT2D eigenvalue weighted by Gasteiger charge is 2.53. The largest absolute Gasteiger partial charge is 0.484 e. The zero-order valence-corrected chi connectivity index (χ0v) is 31.5. The third-order valence-electron chi connectivity index (χ3n) is 8.46. The summed E-state index contributed by atoms with van der Waals surface area (Å²) in [6, 6.07) is 14.0. The quantitative estimate of drug-likeness (QED) is 0.0540. The average molecular weight is 755 g/mol. The molecule has 2 aromatic carbocycles. The maximum atomic E-state index is 13.4. The van der Waals surface area contributed by atoms with Crippen LogP contribution < -0.4 is 19.8 Å². The molecule has 0 radical (unpaired) electrons. The summed E-state index contributed by atoms with van der Waals surface area (Å²) in [7, 11) is 0. The third kappa shape index (κ3) is 12.5. The number of rotatable bonds is 20. The van der Waals surface area contributed by atoms with Gasteiger partial charge in [-0.25, -0.2) is 4.79 Å². The number of fused-ring (bicyclic) bond motifs is 1. The maximum absolute atomic E-state index is 13.4. The smallest absolute Gasteiger partial charge is 0.383 e. The Kier molecular flexibility index (Phi) is 16.2. The topological polar surface area (TPSA) is 172 Å². The fraction of sp³-hybridized carbons (Fsp3) is 0.525. The summed E-state index contributed by atoms with van der Waals surface area (Å²) >= 11 is 0. The number of carbonyl (C=O) groups is 4. The van der Waals surface area contributed by atoms with Gasteiger partial charge in [0.05, 0.1) is 12.0 Å². The predicted octanol–water partition coefficient (Wildman–Crippen LogP) is 6.35. The Balaban J connectivity index is 1.63. The molecule has 54 heavy (non-hydrogen) atoms. The van der Waals surface area contributed by atoms with E-state index in [2.05, 4.69) is 6.92 Å². The highest BCUT2D eigenvalue weighted by molar-refractivity contribution is 5.86. The van der Waals surface area contributed by atoms with E-state index < -0.39 is 66.8 Å². The van der Waals surface area contributed by atoms with Crippen LogP contribution in [-0.4, -0.2) is 67.8 Å². The van der Waals surface area contributed by atoms with Gasteiger partial charge in [-0.1, -0.05) is 82.2 Å². The van der Waals surface area contributed by atoms with Gasteiger partial charge in [-0.05, 0) is 24.1 Å². The highest BCUT2D eigenvalue weighted by atomic mass is 16.7. The van der Waals surface area contributed by atoms with E-state index in [1.54, 1.807) is 12.1 Å². The standard InChI is InChI=1S/C40H50O14/c1-6-7-8-9-10-11-12-16-21-46-37-34(48-23-29-17-14-13-15-18-29)31-20-19-30(22-32(31)53-39(37)45)52-40-38(51-28(5)44)36(50-27(4)43)35(49-26(3)42)33(54-40)24-47-25(2)41/h13-15,17-20,22,33,35-36,38,40H,6-12,16,21,23-24H2,1-5H3/t33-,35-,36+,38-,40-/m1/s1. The van der Waals surface area contributed by atoms with Crippen LogP contribution >= 0.6 is 0 Å². The number of hydrogen-bond donors (Lipinski definition) is 0. The first-order chi connectivity index (χ1) is 26.0. The summed E-state index contributed by atoms with van der Waals surface area (Å²) in [6.07, 6.45) is 1.93. The Morgan fingerprint density at radius 3 is 1.96 bits per heavy atom. The Bertz CT molecular complexity index is 1750. The summed E-state index contributed by atoms with van der Waals surface area (Å²) in [4.78, 5) is 61.7. The number of hydrogen-bond acceptors (Lipinski definition) is 14. The van der Waals surface area contributed by atoms with E-state index >= 15 is 0 Å². The number of ether oxygens (including phenoxy) is 8. The molecule has 0 spiro atoms. The van der Waals surface area contributed by atoms with E-state index in [-0.39, 0.29) is 29.4 Å². The van der Waals surface area contributed by atoms with Crippen LogP contribution in [-0.2, 0) is 49.5 Å². The Hall–Kier alpha value is -5.11. The number of unbranched alkanes of at least 4 members (excludes halogenated alkanes) is 7. The molecule has 14 heteroatoms. The van der Waals surface area contributed by atoms with Gasteiger partial charge in [0.25, 0.3) is 0 Å². The molecule has 14 nitrogen and oxygen atoms in total. The molecule has 5 atom stereocenters. The highest BCUT2D eigenvalue weighted by Crippen LogP contribution is 2.37. The van der Waals surface area contributed by atoms with Crippen LogP contribution in [0.5, 0.6) is 17.2 Å². The summed E-state index contributed by atoms with van der Waals surface area (Å²) in [5.41, 5.74) is 0.205. The second-order valence-corrected chi connectivity index (χ2v) is 13.0. The Morgan fingerprint density at radius 2 is 1.31 bits per heavy atom. The molecular formula is C40H50O14. The van der Waals surface area contributed by atoms with Crippen molar-refractivity contribution in [1.29, 1.82) is 0 Å². The van der Waals surface area contributed by atoms with Crippen LogP contribution in [0.4, 0.5) is 0 Å². The normalized spacial score (nSPS) is 19.4. The van der Waals surface area contributed by atoms with Crippen LogP contribution in [0.1, 0.15) is 91.5 Å². The minimum absolute atomic E-state index is 0.0466. The van der Waals surface area contributed by atoms with Crippen LogP contribution in [0.2, 0.25) is 0 Å². The van der Waals surface area contributed by atoms with Crippen molar-refractivity contribution in [1.82, 2.24) is 0 Å². The van der Waals surface area contributed by atoms with E-state index in [0.717, 1.165) is 52.0 Å². The van der Waals surface area contributed by atoms with Gasteiger partial charge in [0.1, 0.15) is 30.7 Å². The SMILES string of the molecule is CCCCCCCCCCOc1c(OCc2ccccc2)c2ccc(O[C@@H]3O[C@H](COC(C)=O)[C@@H](OC(C)=O)[C@H](OC(C)=O)[C@H]3OC(C)=O)cc2oc1=O. The molecule has 0 N–H and O–H groups in total. The van der Waals surface area contributed by atoms with E-state index in [9.17, 15) is 24.0 Å². The molecule has 2 heterocycles. The molecule has 0 unspecified atom stereocenters. The fourth-order valence-electron chi connectivity index (χ4n) is 6.03. The fourth-order valence-corrected chi connectivity index (χ4v) is 6.03. The van der Waals surface area contributed by atoms with Gasteiger partial charge in [0.15, 0.2) is 18.0 Å². The van der Waals surface area contributed by atoms with Gasteiger partial charge < -0.3 is 42.3 Å². The van der Waals surface area contributed by atoms with Gasteiger partial charge in [0.2, 0.25) is 18.1 Å². The van der Waals surface area contributed by atoms with Crippen molar-refractivity contribution in [2.24, 2.45) is 0 Å². The monoisotopic (exact) mass is 754 g/mol. The van der Waals surface area contributed by atoms with Crippen molar-refractivity contribution >= 4 is 34.8 Å². The minimum atomic E-state index is -1.49. The second kappa shape index (κ2) is 21.0. The number of benzene rings is 2. The second-order valence-electron chi connectivity index (χ2n) is 13.0. The van der Waals surface area contributed by atoms with E-state index in [1.165, 1.54) is 38.7 Å². The molecule has 3 aromatic rings. The van der Waals surface area contributed by atoms with Crippen molar-refractivity contribution < 1.29 is 61.5 Å². The molecular weight excluding hydrogens is 704 g/mol. The maximum Gasteiger partial charge on any atom is 0.383 e. The van der Waals surface area contributed by atoms with Gasteiger partial charge >= 0.3 is 29.5 Å². The molecule has 1 aromatic heterocycles. The van der Waals surface area contributed by atoms with Crippen LogP contribution in [0, 0.1) is 0 Å². The zero-order valence-electron chi connectivity index (χ0n) is 31.5. The first-order valence-corrected chi connectivity index (χ1v) is 18.3. The third-order valence-corrected chi connectivity index (χ3v) is 8.46. The van der Waals surface area contributed by atoms with Crippen LogP contribution in [0.25, 0.3) is 11.0 Å². The molecule has 4 rings (SSSR count). The molecule has 1 saturated heterocycles. The first-order valence-electron chi connectivity index (χ1n) is 18.3. The molecule has 0 aliphatic carbocycles. The van der Waals surface area contributed by atoms with Gasteiger partial charge in [0, 0.05) is 33.8 Å². The van der Waals surface area contributed by atoms with E-state index in [4.69, 9.17) is 42.3 Å². The lowest BCUT2D eigenvalue weighted by atomic mass is 9.98. The summed E-state index contributed by atoms with van der Waals surface area (Å²) in [5.74, 6) is -2.73. The zero-order chi connectivity index (χ0) is 39.0. The lowest BCUT2D eigenvalue weighted by Crippen LogP contribution is -2.63. The van der Waals surface area contributed by atoms with Gasteiger partial charge in [-0.2, -0.15) is 0 Å². The van der Waals surface area contributed by atoms with E-state index in [0.29, 0.717) is 12.0 Å². The van der Waals surface area contributed by atoms with Gasteiger partial charge in [-0.15, -0.1) is 0 Å². The molecule has 1 aliphatic heterocycles. The molecule has 1 fully saturated rings. The lowest BCUT2D eigenvalue weighted by Gasteiger charge is -2.43. The van der Waals surface area contributed by atoms with Crippen molar-refractivity contribution in [2.45, 2.75) is 123 Å². The summed E-state index contributed by atoms with van der Waals surface area (Å²) in [5, 5.41) is 0.422. The Labute approximate surface area is 314 Å². The van der Waals surface area contributed by atoms with Crippen LogP contribution in [0.15, 0.2) is 57.7 Å². The first kappa shape index (κ1) is 41.6. The molecule has 1 aliphatic rings. The number of esters is 4. The van der Waals surface area contributed by atoms with Crippen LogP contribution in [0.3, 0.4) is 0 Å². The minimum Gasteiger partial charge on any atom is -0.484 e. The number of carbonyl (C=O) groups excluding carboxylic acids is 4. The molecule has 0 amide bonds. The predicted molar refractivity (Wildman–Crippen MR) is 194 cm³/mol.